The molecule has 0 aliphatic carbocycles. The average Bonchev–Trinajstić information content (AvgIpc) is 2.43. The molecule has 0 saturated carbocycles. The van der Waals surface area contributed by atoms with Crippen molar-refractivity contribution in [2.75, 3.05) is 6.54 Å². The number of rotatable bonds is 5. The van der Waals surface area contributed by atoms with Crippen LogP contribution in [0.1, 0.15) is 36.1 Å². The highest BCUT2D eigenvalue weighted by Crippen LogP contribution is 2.26. The average molecular weight is 336 g/mol. The van der Waals surface area contributed by atoms with Gasteiger partial charge in [-0.15, -0.1) is 0 Å². The van der Waals surface area contributed by atoms with Crippen molar-refractivity contribution >= 4 is 15.9 Å². The lowest BCUT2D eigenvalue weighted by atomic mass is 9.97. The minimum atomic E-state index is -0.155. The summed E-state index contributed by atoms with van der Waals surface area (Å²) >= 11 is 3.51. The molecular weight excluding hydrogens is 317 g/mol. The highest BCUT2D eigenvalue weighted by molar-refractivity contribution is 9.10. The second-order valence-corrected chi connectivity index (χ2v) is 5.87. The van der Waals surface area contributed by atoms with Crippen molar-refractivity contribution in [3.05, 3.63) is 69.4 Å². The maximum absolute atomic E-state index is 13.5. The summed E-state index contributed by atoms with van der Waals surface area (Å²) in [6, 6.07) is 13.6. The van der Waals surface area contributed by atoms with E-state index in [9.17, 15) is 4.39 Å². The van der Waals surface area contributed by atoms with E-state index >= 15 is 0 Å². The second kappa shape index (κ2) is 7.00. The van der Waals surface area contributed by atoms with Crippen molar-refractivity contribution in [2.24, 2.45) is 0 Å². The number of hydrogen-bond acceptors (Lipinski definition) is 1. The molecule has 0 heterocycles. The molecule has 1 N–H and O–H groups in total. The van der Waals surface area contributed by atoms with Crippen molar-refractivity contribution in [3.8, 4) is 0 Å². The van der Waals surface area contributed by atoms with Crippen LogP contribution in [0.4, 0.5) is 4.39 Å². The molecule has 106 valence electrons. The Labute approximate surface area is 128 Å². The molecule has 0 aromatic heterocycles. The van der Waals surface area contributed by atoms with Gasteiger partial charge >= 0.3 is 0 Å². The lowest BCUT2D eigenvalue weighted by molar-refractivity contribution is 0.590. The Hall–Kier alpha value is -1.19. The van der Waals surface area contributed by atoms with E-state index in [0.29, 0.717) is 5.56 Å². The number of benzene rings is 2. The Kier molecular flexibility index (Phi) is 5.32. The van der Waals surface area contributed by atoms with Crippen LogP contribution >= 0.6 is 15.9 Å². The molecule has 0 fully saturated rings. The molecule has 1 nitrogen and oxygen atoms in total. The topological polar surface area (TPSA) is 12.0 Å². The summed E-state index contributed by atoms with van der Waals surface area (Å²) in [6.45, 7) is 4.87. The Morgan fingerprint density at radius 3 is 2.55 bits per heavy atom. The summed E-state index contributed by atoms with van der Waals surface area (Å²) in [5, 5.41) is 3.53. The lowest BCUT2D eigenvalue weighted by Crippen LogP contribution is -2.23. The predicted octanol–water partition coefficient (Wildman–Crippen LogP) is 4.99. The number of aryl methyl sites for hydroxylation is 1. The van der Waals surface area contributed by atoms with Gasteiger partial charge in [0, 0.05) is 4.47 Å². The summed E-state index contributed by atoms with van der Waals surface area (Å²) in [4.78, 5) is 0. The molecule has 0 radical (unpaired) electrons. The van der Waals surface area contributed by atoms with E-state index in [2.05, 4.69) is 40.3 Å². The Morgan fingerprint density at radius 1 is 1.15 bits per heavy atom. The van der Waals surface area contributed by atoms with Crippen molar-refractivity contribution in [3.63, 3.8) is 0 Å². The van der Waals surface area contributed by atoms with Crippen molar-refractivity contribution in [1.29, 1.82) is 0 Å². The van der Waals surface area contributed by atoms with Crippen LogP contribution in [0.3, 0.4) is 0 Å². The third-order valence-electron chi connectivity index (χ3n) is 3.30. The summed E-state index contributed by atoms with van der Waals surface area (Å²) in [5.41, 5.74) is 2.95. The number of halogens is 2. The van der Waals surface area contributed by atoms with Gasteiger partial charge in [-0.3, -0.25) is 0 Å². The Morgan fingerprint density at radius 2 is 1.90 bits per heavy atom. The van der Waals surface area contributed by atoms with Crippen molar-refractivity contribution in [1.82, 2.24) is 5.32 Å². The highest BCUT2D eigenvalue weighted by Gasteiger charge is 2.14. The van der Waals surface area contributed by atoms with Gasteiger partial charge < -0.3 is 5.32 Å². The minimum absolute atomic E-state index is 0.0896. The van der Waals surface area contributed by atoms with Gasteiger partial charge in [0.25, 0.3) is 0 Å². The Balaban J connectivity index is 2.38. The molecule has 2 aromatic rings. The van der Waals surface area contributed by atoms with Crippen LogP contribution in [-0.4, -0.2) is 6.54 Å². The minimum Gasteiger partial charge on any atom is -0.306 e. The fourth-order valence-electron chi connectivity index (χ4n) is 2.25. The predicted molar refractivity (Wildman–Crippen MR) is 85.4 cm³/mol. The first-order valence-electron chi connectivity index (χ1n) is 6.86. The van der Waals surface area contributed by atoms with Gasteiger partial charge in [0.1, 0.15) is 5.82 Å². The third kappa shape index (κ3) is 3.68. The summed E-state index contributed by atoms with van der Waals surface area (Å²) in [7, 11) is 0. The van der Waals surface area contributed by atoms with Crippen LogP contribution in [0.25, 0.3) is 0 Å². The van der Waals surface area contributed by atoms with Crippen LogP contribution in [0.15, 0.2) is 46.9 Å². The van der Waals surface area contributed by atoms with Crippen LogP contribution in [0.5, 0.6) is 0 Å². The monoisotopic (exact) mass is 335 g/mol. The normalized spacial score (nSPS) is 12.4. The SMILES string of the molecule is CCCNC(c1cccc(Br)c1)c1ccc(F)c(C)c1. The summed E-state index contributed by atoms with van der Waals surface area (Å²) < 4.78 is 14.5. The van der Waals surface area contributed by atoms with Crippen molar-refractivity contribution < 1.29 is 4.39 Å². The largest absolute Gasteiger partial charge is 0.306 e. The molecule has 0 bridgehead atoms. The Bertz CT molecular complexity index is 583. The van der Waals surface area contributed by atoms with E-state index in [4.69, 9.17) is 0 Å². The maximum atomic E-state index is 13.5. The van der Waals surface area contributed by atoms with E-state index in [1.165, 1.54) is 5.56 Å². The molecular formula is C17H19BrFN. The summed E-state index contributed by atoms with van der Waals surface area (Å²) in [5.74, 6) is -0.155. The molecule has 0 amide bonds. The smallest absolute Gasteiger partial charge is 0.126 e. The van der Waals surface area contributed by atoms with Gasteiger partial charge in [0.05, 0.1) is 6.04 Å². The quantitative estimate of drug-likeness (QED) is 0.811. The van der Waals surface area contributed by atoms with Gasteiger partial charge in [-0.25, -0.2) is 4.39 Å². The molecule has 1 atom stereocenters. The van der Waals surface area contributed by atoms with E-state index in [-0.39, 0.29) is 11.9 Å². The standard InChI is InChI=1S/C17H19BrFN/c1-3-9-20-17(13-5-4-6-15(18)11-13)14-7-8-16(19)12(2)10-14/h4-8,10-11,17,20H,3,9H2,1-2H3. The van der Waals surface area contributed by atoms with Crippen LogP contribution in [-0.2, 0) is 0 Å². The third-order valence-corrected chi connectivity index (χ3v) is 3.79. The number of hydrogen-bond donors (Lipinski definition) is 1. The molecule has 1 unspecified atom stereocenters. The first-order valence-corrected chi connectivity index (χ1v) is 7.66. The van der Waals surface area contributed by atoms with E-state index < -0.39 is 0 Å². The molecule has 3 heteroatoms. The zero-order valence-corrected chi connectivity index (χ0v) is 13.4. The van der Waals surface area contributed by atoms with Crippen LogP contribution in [0.2, 0.25) is 0 Å². The molecule has 2 rings (SSSR count). The zero-order chi connectivity index (χ0) is 14.5. The number of nitrogens with one attached hydrogen (secondary N) is 1. The van der Waals surface area contributed by atoms with E-state index in [1.807, 2.05) is 24.3 Å². The van der Waals surface area contributed by atoms with E-state index in [1.54, 1.807) is 13.0 Å². The molecule has 0 spiro atoms. The second-order valence-electron chi connectivity index (χ2n) is 4.95. The highest BCUT2D eigenvalue weighted by atomic mass is 79.9. The van der Waals surface area contributed by atoms with Gasteiger partial charge in [-0.05, 0) is 54.8 Å². The van der Waals surface area contributed by atoms with Gasteiger partial charge in [-0.2, -0.15) is 0 Å². The van der Waals surface area contributed by atoms with Crippen molar-refractivity contribution in [2.45, 2.75) is 26.3 Å². The summed E-state index contributed by atoms with van der Waals surface area (Å²) in [6.07, 6.45) is 1.06. The molecule has 0 aliphatic rings. The maximum Gasteiger partial charge on any atom is 0.126 e. The fourth-order valence-corrected chi connectivity index (χ4v) is 2.67. The molecule has 2 aromatic carbocycles. The molecule has 20 heavy (non-hydrogen) atoms. The van der Waals surface area contributed by atoms with Gasteiger partial charge in [0.15, 0.2) is 0 Å². The molecule has 0 saturated heterocycles. The molecule has 0 aliphatic heterocycles. The van der Waals surface area contributed by atoms with Crippen LogP contribution < -0.4 is 5.32 Å². The fraction of sp³-hybridized carbons (Fsp3) is 0.294. The van der Waals surface area contributed by atoms with E-state index in [0.717, 1.165) is 23.0 Å². The first-order chi connectivity index (χ1) is 9.61. The first kappa shape index (κ1) is 15.2. The lowest BCUT2D eigenvalue weighted by Gasteiger charge is -2.20. The van der Waals surface area contributed by atoms with Gasteiger partial charge in [0.2, 0.25) is 0 Å². The van der Waals surface area contributed by atoms with Gasteiger partial charge in [-0.1, -0.05) is 47.1 Å². The van der Waals surface area contributed by atoms with Crippen LogP contribution in [0, 0.1) is 12.7 Å². The zero-order valence-electron chi connectivity index (χ0n) is 11.8.